The Morgan fingerprint density at radius 2 is 1.58 bits per heavy atom. The minimum absolute atomic E-state index is 0.0245. The van der Waals surface area contributed by atoms with E-state index in [1.54, 1.807) is 18.8 Å². The minimum atomic E-state index is 0.0245. The lowest BCUT2D eigenvalue weighted by molar-refractivity contribution is -0.121. The zero-order valence-electron chi connectivity index (χ0n) is 15.1. The van der Waals surface area contributed by atoms with Gasteiger partial charge in [-0.3, -0.25) is 9.79 Å². The number of nitrogens with one attached hydrogen (secondary N) is 3. The molecule has 2 aromatic rings. The predicted molar refractivity (Wildman–Crippen MR) is 109 cm³/mol. The van der Waals surface area contributed by atoms with Crippen molar-refractivity contribution in [3.63, 3.8) is 0 Å². The summed E-state index contributed by atoms with van der Waals surface area (Å²) < 4.78 is 0. The van der Waals surface area contributed by atoms with Crippen LogP contribution < -0.4 is 16.0 Å². The van der Waals surface area contributed by atoms with Gasteiger partial charge in [0.25, 0.3) is 0 Å². The van der Waals surface area contributed by atoms with Crippen molar-refractivity contribution in [2.24, 2.45) is 4.99 Å². The Kier molecular flexibility index (Phi) is 9.14. The molecule has 1 amide bonds. The van der Waals surface area contributed by atoms with Gasteiger partial charge in [-0.1, -0.05) is 48.5 Å². The van der Waals surface area contributed by atoms with Crippen molar-refractivity contribution in [2.75, 3.05) is 25.9 Å². The van der Waals surface area contributed by atoms with E-state index >= 15 is 0 Å². The van der Waals surface area contributed by atoms with Crippen LogP contribution in [0.3, 0.4) is 0 Å². The van der Waals surface area contributed by atoms with Gasteiger partial charge in [-0.2, -0.15) is 0 Å². The largest absolute Gasteiger partial charge is 0.356 e. The minimum Gasteiger partial charge on any atom is -0.356 e. The second kappa shape index (κ2) is 12.0. The Bertz CT molecular complexity index is 677. The summed E-state index contributed by atoms with van der Waals surface area (Å²) in [5.74, 6) is 1.69. The highest BCUT2D eigenvalue weighted by atomic mass is 32.2. The maximum absolute atomic E-state index is 11.9. The number of benzene rings is 2. The number of thioether (sulfide) groups is 1. The van der Waals surface area contributed by atoms with E-state index in [-0.39, 0.29) is 5.91 Å². The number of rotatable bonds is 9. The third-order valence-corrected chi connectivity index (χ3v) is 4.62. The summed E-state index contributed by atoms with van der Waals surface area (Å²) in [4.78, 5) is 17.3. The fourth-order valence-corrected chi connectivity index (χ4v) is 3.04. The van der Waals surface area contributed by atoms with Gasteiger partial charge in [0.2, 0.25) is 5.91 Å². The van der Waals surface area contributed by atoms with E-state index < -0.39 is 0 Å². The molecule has 0 heterocycles. The van der Waals surface area contributed by atoms with Crippen molar-refractivity contribution >= 4 is 23.6 Å². The number of nitrogens with zero attached hydrogens (tertiary/aromatic N) is 1. The Morgan fingerprint density at radius 1 is 0.923 bits per heavy atom. The molecule has 0 saturated heterocycles. The van der Waals surface area contributed by atoms with Gasteiger partial charge in [0, 0.05) is 43.8 Å². The standard InChI is InChI=1S/C20H26N4OS/c1-21-20(23-14-15-26-18-10-6-3-7-11-18)22-13-12-19(25)24-16-17-8-4-2-5-9-17/h2-11H,12-16H2,1H3,(H,24,25)(H2,21,22,23). The molecule has 0 aliphatic rings. The van der Waals surface area contributed by atoms with Crippen LogP contribution in [-0.2, 0) is 11.3 Å². The van der Waals surface area contributed by atoms with Gasteiger partial charge < -0.3 is 16.0 Å². The smallest absolute Gasteiger partial charge is 0.222 e. The van der Waals surface area contributed by atoms with Crippen molar-refractivity contribution in [3.05, 3.63) is 66.2 Å². The van der Waals surface area contributed by atoms with E-state index in [0.29, 0.717) is 19.5 Å². The molecule has 0 aliphatic heterocycles. The first-order valence-corrected chi connectivity index (χ1v) is 9.69. The van der Waals surface area contributed by atoms with Crippen LogP contribution in [0.5, 0.6) is 0 Å². The van der Waals surface area contributed by atoms with Crippen molar-refractivity contribution in [1.82, 2.24) is 16.0 Å². The normalized spacial score (nSPS) is 11.0. The van der Waals surface area contributed by atoms with E-state index in [9.17, 15) is 4.79 Å². The second-order valence-corrected chi connectivity index (χ2v) is 6.77. The molecule has 0 spiro atoms. The first-order chi connectivity index (χ1) is 12.8. The molecule has 0 unspecified atom stereocenters. The average Bonchev–Trinajstić information content (AvgIpc) is 2.70. The van der Waals surface area contributed by atoms with Gasteiger partial charge >= 0.3 is 0 Å². The molecule has 138 valence electrons. The average molecular weight is 371 g/mol. The van der Waals surface area contributed by atoms with Crippen LogP contribution in [0.1, 0.15) is 12.0 Å². The highest BCUT2D eigenvalue weighted by molar-refractivity contribution is 7.99. The van der Waals surface area contributed by atoms with E-state index in [0.717, 1.165) is 23.8 Å². The quantitative estimate of drug-likeness (QED) is 0.275. The summed E-state index contributed by atoms with van der Waals surface area (Å²) in [5, 5.41) is 9.34. The fourth-order valence-electron chi connectivity index (χ4n) is 2.25. The second-order valence-electron chi connectivity index (χ2n) is 5.60. The van der Waals surface area contributed by atoms with Crippen molar-refractivity contribution in [1.29, 1.82) is 0 Å². The van der Waals surface area contributed by atoms with Gasteiger partial charge in [0.15, 0.2) is 5.96 Å². The predicted octanol–water partition coefficient (Wildman–Crippen LogP) is 2.65. The van der Waals surface area contributed by atoms with Crippen LogP contribution in [0.15, 0.2) is 70.6 Å². The topological polar surface area (TPSA) is 65.5 Å². The van der Waals surface area contributed by atoms with Crippen molar-refractivity contribution in [3.8, 4) is 0 Å². The zero-order valence-corrected chi connectivity index (χ0v) is 15.9. The highest BCUT2D eigenvalue weighted by Crippen LogP contribution is 2.15. The Hall–Kier alpha value is -2.47. The lowest BCUT2D eigenvalue weighted by Gasteiger charge is -2.12. The van der Waals surface area contributed by atoms with E-state index in [2.05, 4.69) is 33.1 Å². The van der Waals surface area contributed by atoms with E-state index in [4.69, 9.17) is 0 Å². The Balaban J connectivity index is 1.56. The van der Waals surface area contributed by atoms with Gasteiger partial charge in [-0.05, 0) is 17.7 Å². The number of hydrogen-bond acceptors (Lipinski definition) is 3. The molecule has 6 heteroatoms. The van der Waals surface area contributed by atoms with Crippen LogP contribution in [-0.4, -0.2) is 37.8 Å². The highest BCUT2D eigenvalue weighted by Gasteiger charge is 2.03. The molecule has 2 aromatic carbocycles. The number of hydrogen-bond donors (Lipinski definition) is 3. The molecular weight excluding hydrogens is 344 g/mol. The summed E-state index contributed by atoms with van der Waals surface area (Å²) in [5.41, 5.74) is 1.10. The molecule has 2 rings (SSSR count). The molecular formula is C20H26N4OS. The number of carbonyl (C=O) groups is 1. The third kappa shape index (κ3) is 8.07. The first-order valence-electron chi connectivity index (χ1n) is 8.71. The summed E-state index contributed by atoms with van der Waals surface area (Å²) in [7, 11) is 1.73. The summed E-state index contributed by atoms with van der Waals surface area (Å²) in [6, 6.07) is 20.2. The van der Waals surface area contributed by atoms with Crippen LogP contribution >= 0.6 is 11.8 Å². The van der Waals surface area contributed by atoms with Gasteiger partial charge in [0.1, 0.15) is 0 Å². The van der Waals surface area contributed by atoms with Crippen LogP contribution in [0, 0.1) is 0 Å². The molecule has 0 atom stereocenters. The van der Waals surface area contributed by atoms with Gasteiger partial charge in [-0.25, -0.2) is 0 Å². The fraction of sp³-hybridized carbons (Fsp3) is 0.300. The molecule has 26 heavy (non-hydrogen) atoms. The maximum Gasteiger partial charge on any atom is 0.222 e. The van der Waals surface area contributed by atoms with Crippen molar-refractivity contribution in [2.45, 2.75) is 17.9 Å². The lowest BCUT2D eigenvalue weighted by atomic mass is 10.2. The number of carbonyl (C=O) groups excluding carboxylic acids is 1. The van der Waals surface area contributed by atoms with Gasteiger partial charge in [-0.15, -0.1) is 11.8 Å². The van der Waals surface area contributed by atoms with E-state index in [1.165, 1.54) is 4.90 Å². The summed E-state index contributed by atoms with van der Waals surface area (Å²) >= 11 is 1.80. The van der Waals surface area contributed by atoms with E-state index in [1.807, 2.05) is 48.5 Å². The Labute approximate surface area is 159 Å². The van der Waals surface area contributed by atoms with Crippen LogP contribution in [0.25, 0.3) is 0 Å². The summed E-state index contributed by atoms with van der Waals surface area (Å²) in [6.45, 7) is 1.91. The number of amides is 1. The van der Waals surface area contributed by atoms with Gasteiger partial charge in [0.05, 0.1) is 0 Å². The zero-order chi connectivity index (χ0) is 18.5. The molecule has 0 fully saturated rings. The number of aliphatic imine (C=N–C) groups is 1. The monoisotopic (exact) mass is 370 g/mol. The molecule has 0 radical (unpaired) electrons. The molecule has 0 aromatic heterocycles. The maximum atomic E-state index is 11.9. The molecule has 5 nitrogen and oxygen atoms in total. The third-order valence-electron chi connectivity index (χ3n) is 3.61. The number of guanidine groups is 1. The SMILES string of the molecule is CN=C(NCCSc1ccccc1)NCCC(=O)NCc1ccccc1. The van der Waals surface area contributed by atoms with Crippen molar-refractivity contribution < 1.29 is 4.79 Å². The lowest BCUT2D eigenvalue weighted by Crippen LogP contribution is -2.40. The molecule has 0 saturated carbocycles. The summed E-state index contributed by atoms with van der Waals surface area (Å²) in [6.07, 6.45) is 0.409. The molecule has 3 N–H and O–H groups in total. The van der Waals surface area contributed by atoms with Crippen LogP contribution in [0.2, 0.25) is 0 Å². The van der Waals surface area contributed by atoms with Crippen LogP contribution in [0.4, 0.5) is 0 Å². The Morgan fingerprint density at radius 3 is 2.27 bits per heavy atom. The molecule has 0 bridgehead atoms. The molecule has 0 aliphatic carbocycles. The first kappa shape index (κ1) is 19.8.